The van der Waals surface area contributed by atoms with E-state index < -0.39 is 0 Å². The van der Waals surface area contributed by atoms with Gasteiger partial charge in [-0.1, -0.05) is 0 Å². The van der Waals surface area contributed by atoms with Crippen molar-refractivity contribution in [1.29, 1.82) is 0 Å². The fourth-order valence-electron chi connectivity index (χ4n) is 1.01. The smallest absolute Gasteiger partial charge is 0.276 e. The quantitative estimate of drug-likeness (QED) is 0.875. The van der Waals surface area contributed by atoms with Gasteiger partial charge >= 0.3 is 0 Å². The van der Waals surface area contributed by atoms with E-state index in [0.29, 0.717) is 10.8 Å². The summed E-state index contributed by atoms with van der Waals surface area (Å²) < 4.78 is 0. The Bertz CT molecular complexity index is 456. The highest BCUT2D eigenvalue weighted by atomic mass is 32.1. The minimum Gasteiger partial charge on any atom is -0.296 e. The van der Waals surface area contributed by atoms with Crippen LogP contribution in [-0.4, -0.2) is 15.9 Å². The Hall–Kier alpha value is -1.27. The van der Waals surface area contributed by atoms with Crippen LogP contribution in [0.1, 0.15) is 21.1 Å². The van der Waals surface area contributed by atoms with E-state index >= 15 is 0 Å². The summed E-state index contributed by atoms with van der Waals surface area (Å²) in [5.74, 6) is -0.204. The normalized spacial score (nSPS) is 10.3. The third-order valence-electron chi connectivity index (χ3n) is 1.91. The van der Waals surface area contributed by atoms with Crippen LogP contribution >= 0.6 is 22.7 Å². The van der Waals surface area contributed by atoms with Gasteiger partial charge < -0.3 is 0 Å². The first-order valence-electron chi connectivity index (χ1n) is 4.30. The summed E-state index contributed by atoms with van der Waals surface area (Å²) in [6.07, 6.45) is 0. The Morgan fingerprint density at radius 1 is 1.47 bits per heavy atom. The molecule has 0 saturated carbocycles. The van der Waals surface area contributed by atoms with E-state index in [4.69, 9.17) is 0 Å². The number of amides is 1. The number of nitrogens with one attached hydrogen (secondary N) is 1. The number of rotatable bonds is 2. The van der Waals surface area contributed by atoms with E-state index in [1.807, 2.05) is 13.8 Å². The third-order valence-corrected chi connectivity index (χ3v) is 3.49. The van der Waals surface area contributed by atoms with E-state index in [2.05, 4.69) is 15.3 Å². The van der Waals surface area contributed by atoms with Crippen molar-refractivity contribution in [2.45, 2.75) is 13.8 Å². The van der Waals surface area contributed by atoms with Gasteiger partial charge in [0.1, 0.15) is 5.69 Å². The monoisotopic (exact) mass is 239 g/mol. The van der Waals surface area contributed by atoms with Crippen molar-refractivity contribution in [3.05, 3.63) is 27.2 Å². The lowest BCUT2D eigenvalue weighted by Crippen LogP contribution is -2.11. The first-order valence-corrected chi connectivity index (χ1v) is 6.06. The average Bonchev–Trinajstić information content (AvgIpc) is 2.77. The number of nitrogens with zero attached hydrogens (tertiary/aromatic N) is 2. The number of thiazole rings is 2. The standard InChI is InChI=1S/C9H9N3OS2/c1-5-6(2)15-9(11-5)12-8(13)7-3-14-4-10-7/h3-4H,1-2H3,(H,11,12,13). The average molecular weight is 239 g/mol. The van der Waals surface area contributed by atoms with Crippen LogP contribution in [0.3, 0.4) is 0 Å². The Kier molecular flexibility index (Phi) is 2.79. The van der Waals surface area contributed by atoms with Gasteiger partial charge in [0.15, 0.2) is 5.13 Å². The van der Waals surface area contributed by atoms with E-state index in [-0.39, 0.29) is 5.91 Å². The zero-order chi connectivity index (χ0) is 10.8. The lowest BCUT2D eigenvalue weighted by molar-refractivity contribution is 0.102. The predicted molar refractivity (Wildman–Crippen MR) is 61.7 cm³/mol. The first kappa shape index (κ1) is 10.3. The van der Waals surface area contributed by atoms with Gasteiger partial charge in [0, 0.05) is 10.3 Å². The molecule has 0 radical (unpaired) electrons. The molecule has 1 amide bonds. The molecule has 0 atom stereocenters. The van der Waals surface area contributed by atoms with Crippen molar-refractivity contribution in [2.75, 3.05) is 5.32 Å². The summed E-state index contributed by atoms with van der Waals surface area (Å²) in [6, 6.07) is 0. The van der Waals surface area contributed by atoms with Crippen LogP contribution in [-0.2, 0) is 0 Å². The maximum atomic E-state index is 11.6. The van der Waals surface area contributed by atoms with Gasteiger partial charge in [0.2, 0.25) is 0 Å². The molecule has 15 heavy (non-hydrogen) atoms. The fourth-order valence-corrected chi connectivity index (χ4v) is 2.35. The Morgan fingerprint density at radius 3 is 2.80 bits per heavy atom. The summed E-state index contributed by atoms with van der Waals surface area (Å²) in [7, 11) is 0. The van der Waals surface area contributed by atoms with Crippen molar-refractivity contribution in [2.24, 2.45) is 0 Å². The van der Waals surface area contributed by atoms with Crippen molar-refractivity contribution >= 4 is 33.7 Å². The topological polar surface area (TPSA) is 54.9 Å². The van der Waals surface area contributed by atoms with Gasteiger partial charge in [0.25, 0.3) is 5.91 Å². The largest absolute Gasteiger partial charge is 0.296 e. The van der Waals surface area contributed by atoms with E-state index in [1.165, 1.54) is 22.7 Å². The van der Waals surface area contributed by atoms with Crippen LogP contribution in [0.25, 0.3) is 0 Å². The molecule has 78 valence electrons. The van der Waals surface area contributed by atoms with E-state index in [9.17, 15) is 4.79 Å². The third kappa shape index (κ3) is 2.21. The molecule has 0 fully saturated rings. The molecule has 2 heterocycles. The lowest BCUT2D eigenvalue weighted by Gasteiger charge is -1.96. The number of aryl methyl sites for hydroxylation is 2. The van der Waals surface area contributed by atoms with Crippen LogP contribution < -0.4 is 5.32 Å². The van der Waals surface area contributed by atoms with Gasteiger partial charge in [-0.25, -0.2) is 9.97 Å². The van der Waals surface area contributed by atoms with Gasteiger partial charge in [-0.15, -0.1) is 22.7 Å². The summed E-state index contributed by atoms with van der Waals surface area (Å²) in [5.41, 5.74) is 3.02. The zero-order valence-electron chi connectivity index (χ0n) is 8.27. The van der Waals surface area contributed by atoms with Crippen LogP contribution in [0.4, 0.5) is 5.13 Å². The first-order chi connectivity index (χ1) is 7.16. The molecule has 0 aliphatic carbocycles. The molecule has 1 N–H and O–H groups in total. The van der Waals surface area contributed by atoms with Crippen LogP contribution in [0, 0.1) is 13.8 Å². The number of anilines is 1. The highest BCUT2D eigenvalue weighted by molar-refractivity contribution is 7.15. The molecular formula is C9H9N3OS2. The van der Waals surface area contributed by atoms with Crippen molar-refractivity contribution < 1.29 is 4.79 Å². The molecule has 0 bridgehead atoms. The van der Waals surface area contributed by atoms with Gasteiger partial charge in [-0.2, -0.15) is 0 Å². The van der Waals surface area contributed by atoms with Crippen LogP contribution in [0.2, 0.25) is 0 Å². The minimum absolute atomic E-state index is 0.204. The Balaban J connectivity index is 2.13. The number of hydrogen-bond donors (Lipinski definition) is 1. The summed E-state index contributed by atoms with van der Waals surface area (Å²) in [5, 5.41) is 5.06. The van der Waals surface area contributed by atoms with Crippen LogP contribution in [0.5, 0.6) is 0 Å². The molecule has 2 rings (SSSR count). The summed E-state index contributed by atoms with van der Waals surface area (Å²) in [4.78, 5) is 20.9. The van der Waals surface area contributed by atoms with Gasteiger partial charge in [0.05, 0.1) is 11.2 Å². The molecule has 2 aromatic heterocycles. The fraction of sp³-hybridized carbons (Fsp3) is 0.222. The molecule has 0 spiro atoms. The highest BCUT2D eigenvalue weighted by Crippen LogP contribution is 2.21. The molecule has 0 aliphatic rings. The zero-order valence-corrected chi connectivity index (χ0v) is 9.91. The molecule has 0 aliphatic heterocycles. The second-order valence-corrected chi connectivity index (χ2v) is 4.91. The maximum absolute atomic E-state index is 11.6. The van der Waals surface area contributed by atoms with Crippen molar-refractivity contribution in [3.63, 3.8) is 0 Å². The van der Waals surface area contributed by atoms with Gasteiger partial charge in [-0.3, -0.25) is 10.1 Å². The minimum atomic E-state index is -0.204. The Morgan fingerprint density at radius 2 is 2.27 bits per heavy atom. The second-order valence-electron chi connectivity index (χ2n) is 2.99. The molecule has 0 saturated heterocycles. The van der Waals surface area contributed by atoms with E-state index in [0.717, 1.165) is 10.6 Å². The number of hydrogen-bond acceptors (Lipinski definition) is 5. The molecule has 4 nitrogen and oxygen atoms in total. The van der Waals surface area contributed by atoms with E-state index in [1.54, 1.807) is 10.9 Å². The van der Waals surface area contributed by atoms with Crippen LogP contribution in [0.15, 0.2) is 10.9 Å². The number of carbonyl (C=O) groups is 1. The number of aromatic nitrogens is 2. The van der Waals surface area contributed by atoms with Crippen molar-refractivity contribution in [1.82, 2.24) is 9.97 Å². The molecule has 0 aromatic carbocycles. The molecule has 2 aromatic rings. The number of carbonyl (C=O) groups excluding carboxylic acids is 1. The summed E-state index contributed by atoms with van der Waals surface area (Å²) >= 11 is 2.87. The Labute approximate surface area is 95.0 Å². The van der Waals surface area contributed by atoms with Crippen molar-refractivity contribution in [3.8, 4) is 0 Å². The SMILES string of the molecule is Cc1nc(NC(=O)c2cscn2)sc1C. The molecule has 0 unspecified atom stereocenters. The predicted octanol–water partition coefficient (Wildman–Crippen LogP) is 2.47. The molecular weight excluding hydrogens is 230 g/mol. The van der Waals surface area contributed by atoms with Gasteiger partial charge in [-0.05, 0) is 13.8 Å². The molecule has 6 heteroatoms. The lowest BCUT2D eigenvalue weighted by atomic mass is 10.4. The summed E-state index contributed by atoms with van der Waals surface area (Å²) in [6.45, 7) is 3.90. The highest BCUT2D eigenvalue weighted by Gasteiger charge is 2.10. The maximum Gasteiger partial charge on any atom is 0.276 e. The second kappa shape index (κ2) is 4.08.